The van der Waals surface area contributed by atoms with E-state index in [1.54, 1.807) is 13.0 Å². The SMILES string of the molecule is Cc1ccc(F)c2[nH]c(-c3cncc(C(=O)NCC(F)(F)F)c3N3CCC(C)C3)nc12. The van der Waals surface area contributed by atoms with Crippen LogP contribution in [-0.4, -0.2) is 46.7 Å². The third-order valence-electron chi connectivity index (χ3n) is 5.40. The van der Waals surface area contributed by atoms with E-state index in [1.165, 1.54) is 18.5 Å². The van der Waals surface area contributed by atoms with E-state index in [0.717, 1.165) is 12.0 Å². The standard InChI is InChI=1S/C21H21F4N5O/c1-11-5-6-30(9-11)18-13(7-26-8-14(18)20(31)27-10-21(23,24)25)19-28-16-12(2)3-4-15(22)17(16)29-19/h3-4,7-8,11H,5-6,9-10H2,1-2H3,(H,27,31)(H,28,29). The van der Waals surface area contributed by atoms with Crippen molar-refractivity contribution in [2.45, 2.75) is 26.4 Å². The van der Waals surface area contributed by atoms with Crippen molar-refractivity contribution in [3.05, 3.63) is 41.5 Å². The molecule has 0 aliphatic carbocycles. The van der Waals surface area contributed by atoms with E-state index in [2.05, 4.69) is 21.9 Å². The summed E-state index contributed by atoms with van der Waals surface area (Å²) in [4.78, 5) is 26.1. The number of fused-ring (bicyclic) bond motifs is 1. The van der Waals surface area contributed by atoms with Crippen LogP contribution in [-0.2, 0) is 0 Å². The maximum atomic E-state index is 14.3. The Morgan fingerprint density at radius 3 is 2.74 bits per heavy atom. The second kappa shape index (κ2) is 7.82. The number of alkyl halides is 3. The van der Waals surface area contributed by atoms with Crippen LogP contribution in [0.5, 0.6) is 0 Å². The van der Waals surface area contributed by atoms with Gasteiger partial charge in [0.25, 0.3) is 5.91 Å². The van der Waals surface area contributed by atoms with E-state index in [0.29, 0.717) is 41.6 Å². The van der Waals surface area contributed by atoms with Gasteiger partial charge < -0.3 is 15.2 Å². The number of amides is 1. The van der Waals surface area contributed by atoms with Crippen molar-refractivity contribution in [1.82, 2.24) is 20.3 Å². The first-order valence-electron chi connectivity index (χ1n) is 9.87. The maximum absolute atomic E-state index is 14.3. The van der Waals surface area contributed by atoms with Crippen molar-refractivity contribution in [3.63, 3.8) is 0 Å². The maximum Gasteiger partial charge on any atom is 0.405 e. The minimum Gasteiger partial charge on any atom is -0.370 e. The lowest BCUT2D eigenvalue weighted by molar-refractivity contribution is -0.123. The number of pyridine rings is 1. The molecule has 1 aliphatic heterocycles. The number of halogens is 4. The van der Waals surface area contributed by atoms with Crippen LogP contribution >= 0.6 is 0 Å². The van der Waals surface area contributed by atoms with E-state index in [4.69, 9.17) is 0 Å². The Balaban J connectivity index is 1.84. The average Bonchev–Trinajstić information content (AvgIpc) is 3.35. The molecule has 0 spiro atoms. The Kier molecular flexibility index (Phi) is 5.32. The molecule has 31 heavy (non-hydrogen) atoms. The summed E-state index contributed by atoms with van der Waals surface area (Å²) in [5, 5.41) is 1.92. The van der Waals surface area contributed by atoms with Crippen molar-refractivity contribution >= 4 is 22.6 Å². The van der Waals surface area contributed by atoms with Crippen LogP contribution in [0, 0.1) is 18.7 Å². The zero-order chi connectivity index (χ0) is 22.3. The Bertz CT molecular complexity index is 1100. The number of rotatable bonds is 4. The molecule has 0 bridgehead atoms. The number of nitrogens with one attached hydrogen (secondary N) is 2. The third-order valence-corrected chi connectivity index (χ3v) is 5.40. The van der Waals surface area contributed by atoms with E-state index in [1.807, 2.05) is 10.2 Å². The van der Waals surface area contributed by atoms with Crippen LogP contribution in [0.4, 0.5) is 23.2 Å². The number of hydrogen-bond acceptors (Lipinski definition) is 4. The lowest BCUT2D eigenvalue weighted by atomic mass is 10.1. The first-order chi connectivity index (χ1) is 14.6. The molecule has 1 aromatic carbocycles. The Labute approximate surface area is 175 Å². The Hall–Kier alpha value is -3.17. The van der Waals surface area contributed by atoms with Crippen LogP contribution in [0.3, 0.4) is 0 Å². The van der Waals surface area contributed by atoms with Gasteiger partial charge in [-0.1, -0.05) is 13.0 Å². The van der Waals surface area contributed by atoms with Crippen molar-refractivity contribution in [3.8, 4) is 11.4 Å². The number of carbonyl (C=O) groups is 1. The summed E-state index contributed by atoms with van der Waals surface area (Å²) in [5.41, 5.74) is 2.33. The van der Waals surface area contributed by atoms with Crippen molar-refractivity contribution < 1.29 is 22.4 Å². The highest BCUT2D eigenvalue weighted by atomic mass is 19.4. The summed E-state index contributed by atoms with van der Waals surface area (Å²) in [5.74, 6) is -0.694. The first-order valence-corrected chi connectivity index (χ1v) is 9.87. The fourth-order valence-corrected chi connectivity index (χ4v) is 3.87. The number of benzene rings is 1. The number of hydrogen-bond donors (Lipinski definition) is 2. The fourth-order valence-electron chi connectivity index (χ4n) is 3.87. The Morgan fingerprint density at radius 2 is 2.10 bits per heavy atom. The summed E-state index contributed by atoms with van der Waals surface area (Å²) in [7, 11) is 0. The molecule has 1 saturated heterocycles. The highest BCUT2D eigenvalue weighted by molar-refractivity contribution is 6.03. The minimum atomic E-state index is -4.53. The molecule has 0 radical (unpaired) electrons. The highest BCUT2D eigenvalue weighted by Crippen LogP contribution is 2.36. The van der Waals surface area contributed by atoms with Gasteiger partial charge in [0, 0.05) is 25.5 Å². The number of aromatic nitrogens is 3. The predicted octanol–water partition coefficient (Wildman–Crippen LogP) is 4.21. The number of imidazole rings is 1. The van der Waals surface area contributed by atoms with E-state index in [-0.39, 0.29) is 11.1 Å². The van der Waals surface area contributed by atoms with Gasteiger partial charge in [0.2, 0.25) is 0 Å². The molecule has 2 N–H and O–H groups in total. The van der Waals surface area contributed by atoms with Crippen molar-refractivity contribution in [1.29, 1.82) is 0 Å². The van der Waals surface area contributed by atoms with Crippen LogP contribution < -0.4 is 10.2 Å². The quantitative estimate of drug-likeness (QED) is 0.602. The molecule has 3 aromatic rings. The van der Waals surface area contributed by atoms with E-state index >= 15 is 0 Å². The molecule has 10 heteroatoms. The van der Waals surface area contributed by atoms with Crippen LogP contribution in [0.2, 0.25) is 0 Å². The van der Waals surface area contributed by atoms with E-state index < -0.39 is 24.4 Å². The van der Waals surface area contributed by atoms with Gasteiger partial charge in [0.1, 0.15) is 23.7 Å². The average molecular weight is 435 g/mol. The summed E-state index contributed by atoms with van der Waals surface area (Å²) in [6.45, 7) is 3.68. The number of anilines is 1. The van der Waals surface area contributed by atoms with Gasteiger partial charge in [0.05, 0.1) is 22.3 Å². The minimum absolute atomic E-state index is 0.0218. The molecule has 1 unspecified atom stereocenters. The lowest BCUT2D eigenvalue weighted by Crippen LogP contribution is -2.35. The summed E-state index contributed by atoms with van der Waals surface area (Å²) in [6.07, 6.45) is -0.915. The van der Waals surface area contributed by atoms with E-state index in [9.17, 15) is 22.4 Å². The molecule has 164 valence electrons. The van der Waals surface area contributed by atoms with Gasteiger partial charge in [-0.25, -0.2) is 9.37 Å². The molecule has 3 heterocycles. The Morgan fingerprint density at radius 1 is 1.32 bits per heavy atom. The molecule has 2 aromatic heterocycles. The van der Waals surface area contributed by atoms with Crippen molar-refractivity contribution in [2.75, 3.05) is 24.5 Å². The van der Waals surface area contributed by atoms with Crippen LogP contribution in [0.1, 0.15) is 29.3 Å². The third kappa shape index (κ3) is 4.19. The zero-order valence-electron chi connectivity index (χ0n) is 17.0. The molecule has 0 saturated carbocycles. The van der Waals surface area contributed by atoms with Gasteiger partial charge >= 0.3 is 6.18 Å². The molecule has 1 fully saturated rings. The van der Waals surface area contributed by atoms with Gasteiger partial charge in [-0.05, 0) is 30.9 Å². The van der Waals surface area contributed by atoms with Crippen molar-refractivity contribution in [2.24, 2.45) is 5.92 Å². The summed E-state index contributed by atoms with van der Waals surface area (Å²) >= 11 is 0. The van der Waals surface area contributed by atoms with Crippen LogP contribution in [0.25, 0.3) is 22.4 Å². The monoisotopic (exact) mass is 435 g/mol. The number of nitrogens with zero attached hydrogens (tertiary/aromatic N) is 3. The molecule has 1 amide bonds. The van der Waals surface area contributed by atoms with Crippen LogP contribution in [0.15, 0.2) is 24.5 Å². The highest BCUT2D eigenvalue weighted by Gasteiger charge is 2.31. The predicted molar refractivity (Wildman–Crippen MR) is 108 cm³/mol. The zero-order valence-corrected chi connectivity index (χ0v) is 17.0. The number of carbonyl (C=O) groups excluding carboxylic acids is 1. The first kappa shape index (κ1) is 21.1. The van der Waals surface area contributed by atoms with Gasteiger partial charge in [-0.3, -0.25) is 9.78 Å². The molecule has 1 atom stereocenters. The number of H-pyrrole nitrogens is 1. The fraction of sp³-hybridized carbons (Fsp3) is 0.381. The molecular weight excluding hydrogens is 414 g/mol. The van der Waals surface area contributed by atoms with Gasteiger partial charge in [-0.15, -0.1) is 0 Å². The summed E-state index contributed by atoms with van der Waals surface area (Å²) < 4.78 is 52.2. The largest absolute Gasteiger partial charge is 0.405 e. The molecule has 6 nitrogen and oxygen atoms in total. The number of aromatic amines is 1. The topological polar surface area (TPSA) is 73.9 Å². The van der Waals surface area contributed by atoms with Gasteiger partial charge in [0.15, 0.2) is 0 Å². The van der Waals surface area contributed by atoms with Gasteiger partial charge in [-0.2, -0.15) is 13.2 Å². The molecule has 4 rings (SSSR count). The normalized spacial score (nSPS) is 16.8. The number of aryl methyl sites for hydroxylation is 1. The lowest BCUT2D eigenvalue weighted by Gasteiger charge is -2.24. The second-order valence-electron chi connectivity index (χ2n) is 7.89. The molecular formula is C21H21F4N5O. The second-order valence-corrected chi connectivity index (χ2v) is 7.89. The summed E-state index contributed by atoms with van der Waals surface area (Å²) in [6, 6.07) is 2.95. The smallest absolute Gasteiger partial charge is 0.370 e. The molecule has 1 aliphatic rings.